The molecule has 2 unspecified atom stereocenters. The molecule has 0 spiro atoms. The largest absolute Gasteiger partial charge is 0.475 e. The fraction of sp³-hybridized carbons (Fsp3) is 0.413. The van der Waals surface area contributed by atoms with Crippen molar-refractivity contribution in [1.29, 1.82) is 0 Å². The zero-order valence-corrected chi connectivity index (χ0v) is 36.0. The number of aliphatic hydroxyl groups excluding tert-OH is 1. The first-order chi connectivity index (χ1) is 29.5. The highest BCUT2D eigenvalue weighted by atomic mass is 32.1. The molecule has 2 amide bonds. The number of rotatable bonds is 20. The number of carbonyl (C=O) groups is 2. The first-order valence-corrected chi connectivity index (χ1v) is 21.6. The molecule has 0 bridgehead atoms. The van der Waals surface area contributed by atoms with Crippen LogP contribution in [0, 0.1) is 12.3 Å². The summed E-state index contributed by atoms with van der Waals surface area (Å²) in [6, 6.07) is 19.4. The Labute approximate surface area is 360 Å². The Morgan fingerprint density at radius 2 is 1.62 bits per heavy atom. The zero-order chi connectivity index (χ0) is 42.8. The topological polar surface area (TPSA) is 173 Å². The summed E-state index contributed by atoms with van der Waals surface area (Å²) in [5, 5.41) is 18.9. The van der Waals surface area contributed by atoms with E-state index >= 15 is 0 Å². The summed E-state index contributed by atoms with van der Waals surface area (Å²) in [4.78, 5) is 45.9. The van der Waals surface area contributed by atoms with Crippen LogP contribution in [-0.4, -0.2) is 119 Å². The smallest absolute Gasteiger partial charge is 0.246 e. The SMILES string of the molecule is Cc1ncsc1-c1ccc(CNC(=O)C2CC(O)CN2C[C@@H](NC(=O)COCCOCCOCCOc2ccc(-c3ccc4c(c3)[nH]c3ccncc34)cn2)C(C)(C)C)cc1. The molecule has 0 saturated carbocycles. The van der Waals surface area contributed by atoms with Crippen LogP contribution < -0.4 is 15.4 Å². The maximum Gasteiger partial charge on any atom is 0.246 e. The van der Waals surface area contributed by atoms with Gasteiger partial charge >= 0.3 is 0 Å². The van der Waals surface area contributed by atoms with Crippen LogP contribution in [0.5, 0.6) is 5.88 Å². The average Bonchev–Trinajstić information content (AvgIpc) is 3.97. The minimum absolute atomic E-state index is 0.121. The molecule has 0 aliphatic carbocycles. The van der Waals surface area contributed by atoms with Gasteiger partial charge in [-0.3, -0.25) is 19.5 Å². The van der Waals surface area contributed by atoms with Crippen molar-refractivity contribution in [3.8, 4) is 27.4 Å². The number of β-amino-alcohol motifs (C(OH)–C–C–N with tert-alkyl or cyclic N) is 1. The Morgan fingerprint density at radius 1 is 0.885 bits per heavy atom. The molecule has 15 heteroatoms. The summed E-state index contributed by atoms with van der Waals surface area (Å²) in [6.45, 7) is 11.2. The summed E-state index contributed by atoms with van der Waals surface area (Å²) >= 11 is 1.61. The summed E-state index contributed by atoms with van der Waals surface area (Å²) in [6.07, 6.45) is 5.16. The van der Waals surface area contributed by atoms with E-state index < -0.39 is 12.1 Å². The number of likely N-dealkylation sites (tertiary alicyclic amines) is 1. The van der Waals surface area contributed by atoms with Crippen LogP contribution in [0.4, 0.5) is 0 Å². The number of aryl methyl sites for hydroxylation is 1. The van der Waals surface area contributed by atoms with Gasteiger partial charge in [-0.2, -0.15) is 0 Å². The number of benzene rings is 2. The lowest BCUT2D eigenvalue weighted by Gasteiger charge is -2.36. The van der Waals surface area contributed by atoms with Crippen LogP contribution in [0.1, 0.15) is 38.4 Å². The molecule has 5 heterocycles. The van der Waals surface area contributed by atoms with Crippen molar-refractivity contribution in [1.82, 2.24) is 35.5 Å². The third-order valence-corrected chi connectivity index (χ3v) is 11.8. The van der Waals surface area contributed by atoms with E-state index in [9.17, 15) is 14.7 Å². The van der Waals surface area contributed by atoms with E-state index in [-0.39, 0.29) is 36.5 Å². The van der Waals surface area contributed by atoms with Crippen molar-refractivity contribution < 1.29 is 33.6 Å². The minimum atomic E-state index is -0.629. The fourth-order valence-electron chi connectivity index (χ4n) is 7.39. The number of carbonyl (C=O) groups excluding carboxylic acids is 2. The molecule has 3 atom stereocenters. The van der Waals surface area contributed by atoms with Crippen molar-refractivity contribution in [3.05, 3.63) is 96.0 Å². The van der Waals surface area contributed by atoms with E-state index in [1.54, 1.807) is 23.7 Å². The molecule has 0 radical (unpaired) electrons. The van der Waals surface area contributed by atoms with Gasteiger partial charge in [0.05, 0.1) is 61.3 Å². The molecule has 2 aromatic carbocycles. The van der Waals surface area contributed by atoms with Gasteiger partial charge in [-0.15, -0.1) is 11.3 Å². The number of H-pyrrole nitrogens is 1. The average molecular weight is 850 g/mol. The number of pyridine rings is 2. The normalized spacial score (nSPS) is 16.3. The lowest BCUT2D eigenvalue weighted by Crippen LogP contribution is -2.54. The minimum Gasteiger partial charge on any atom is -0.475 e. The van der Waals surface area contributed by atoms with Gasteiger partial charge in [0.15, 0.2) is 0 Å². The highest BCUT2D eigenvalue weighted by Gasteiger charge is 2.39. The number of nitrogens with one attached hydrogen (secondary N) is 3. The zero-order valence-electron chi connectivity index (χ0n) is 35.2. The van der Waals surface area contributed by atoms with E-state index in [4.69, 9.17) is 18.9 Å². The van der Waals surface area contributed by atoms with E-state index in [1.165, 1.54) is 0 Å². The number of aromatic amines is 1. The Kier molecular flexibility index (Phi) is 14.7. The van der Waals surface area contributed by atoms with Gasteiger partial charge in [-0.1, -0.05) is 57.2 Å². The number of hydrogen-bond donors (Lipinski definition) is 4. The Morgan fingerprint density at radius 3 is 2.34 bits per heavy atom. The van der Waals surface area contributed by atoms with Crippen LogP contribution in [0.3, 0.4) is 0 Å². The van der Waals surface area contributed by atoms with Gasteiger partial charge in [0.25, 0.3) is 0 Å². The van der Waals surface area contributed by atoms with Crippen LogP contribution in [-0.2, 0) is 30.3 Å². The third kappa shape index (κ3) is 11.8. The Bertz CT molecular complexity index is 2360. The second-order valence-corrected chi connectivity index (χ2v) is 17.2. The van der Waals surface area contributed by atoms with Crippen LogP contribution in [0.2, 0.25) is 0 Å². The first kappa shape index (κ1) is 43.8. The van der Waals surface area contributed by atoms with Gasteiger partial charge in [-0.05, 0) is 53.6 Å². The lowest BCUT2D eigenvalue weighted by atomic mass is 9.86. The molecule has 7 rings (SSSR count). The molecule has 61 heavy (non-hydrogen) atoms. The molecular weight excluding hydrogens is 795 g/mol. The predicted octanol–water partition coefficient (Wildman–Crippen LogP) is 5.92. The number of nitrogens with zero attached hydrogens (tertiary/aromatic N) is 4. The Balaban J connectivity index is 0.748. The van der Waals surface area contributed by atoms with Gasteiger partial charge in [-0.25, -0.2) is 9.97 Å². The van der Waals surface area contributed by atoms with Crippen molar-refractivity contribution in [2.75, 3.05) is 59.3 Å². The molecular formula is C46H55N7O7S. The number of aromatic nitrogens is 4. The molecule has 14 nitrogen and oxygen atoms in total. The summed E-state index contributed by atoms with van der Waals surface area (Å²) in [5.74, 6) is 0.124. The van der Waals surface area contributed by atoms with Gasteiger partial charge in [0.2, 0.25) is 17.7 Å². The van der Waals surface area contributed by atoms with Crippen LogP contribution >= 0.6 is 11.3 Å². The van der Waals surface area contributed by atoms with E-state index in [1.807, 2.05) is 86.8 Å². The first-order valence-electron chi connectivity index (χ1n) is 20.7. The lowest BCUT2D eigenvalue weighted by molar-refractivity contribution is -0.128. The van der Waals surface area contributed by atoms with E-state index in [2.05, 4.69) is 48.8 Å². The molecule has 1 aliphatic rings. The molecule has 4 aromatic heterocycles. The fourth-order valence-corrected chi connectivity index (χ4v) is 8.20. The number of aliphatic hydroxyl groups is 1. The summed E-state index contributed by atoms with van der Waals surface area (Å²) in [7, 11) is 0. The van der Waals surface area contributed by atoms with Crippen LogP contribution in [0.25, 0.3) is 43.4 Å². The molecule has 1 saturated heterocycles. The predicted molar refractivity (Wildman–Crippen MR) is 236 cm³/mol. The second-order valence-electron chi connectivity index (χ2n) is 16.3. The van der Waals surface area contributed by atoms with Crippen LogP contribution in [0.15, 0.2) is 84.8 Å². The molecule has 1 aliphatic heterocycles. The quantitative estimate of drug-likeness (QED) is 0.0672. The van der Waals surface area contributed by atoms with Gasteiger partial charge < -0.3 is 39.7 Å². The number of thiazole rings is 1. The van der Waals surface area contributed by atoms with Crippen molar-refractivity contribution in [3.63, 3.8) is 0 Å². The van der Waals surface area contributed by atoms with Gasteiger partial charge in [0, 0.05) is 77.7 Å². The third-order valence-electron chi connectivity index (χ3n) is 10.8. The molecule has 1 fully saturated rings. The Hall–Kier alpha value is -5.29. The highest BCUT2D eigenvalue weighted by Crippen LogP contribution is 2.30. The number of ether oxygens (including phenoxy) is 4. The molecule has 4 N–H and O–H groups in total. The maximum atomic E-state index is 13.4. The monoisotopic (exact) mass is 849 g/mol. The molecule has 6 aromatic rings. The van der Waals surface area contributed by atoms with E-state index in [0.717, 1.165) is 54.6 Å². The van der Waals surface area contributed by atoms with Crippen molar-refractivity contribution in [2.24, 2.45) is 5.41 Å². The van der Waals surface area contributed by atoms with Crippen molar-refractivity contribution in [2.45, 2.75) is 58.8 Å². The number of amides is 2. The standard InChI is InChI=1S/C46H55N7O7S/c1-30-44(61-29-50-30)32-7-5-31(6-8-32)23-49-45(56)40-22-35(54)26-53(40)27-41(46(2,3)4)52-42(55)28-59-18-17-57-15-16-58-19-20-60-43-12-10-34(24-48-43)33-9-11-36-37-25-47-14-13-38(37)51-39(36)21-33/h5-14,21,24-25,29,35,40-41,51,54H,15-20,22-23,26-28H2,1-4H3,(H,49,56)(H,52,55)/t35?,40?,41-/m1/s1. The summed E-state index contributed by atoms with van der Waals surface area (Å²) in [5.41, 5.74) is 8.76. The second kappa shape index (κ2) is 20.5. The molecule has 322 valence electrons. The maximum absolute atomic E-state index is 13.4. The number of hydrogen-bond acceptors (Lipinski definition) is 12. The van der Waals surface area contributed by atoms with Gasteiger partial charge in [0.1, 0.15) is 13.2 Å². The highest BCUT2D eigenvalue weighted by molar-refractivity contribution is 7.13. The van der Waals surface area contributed by atoms with Crippen molar-refractivity contribution >= 4 is 45.0 Å². The summed E-state index contributed by atoms with van der Waals surface area (Å²) < 4.78 is 22.6. The number of fused-ring (bicyclic) bond motifs is 3. The van der Waals surface area contributed by atoms with E-state index in [0.29, 0.717) is 65.0 Å².